The first-order valence-corrected chi connectivity index (χ1v) is 5.27. The van der Waals surface area contributed by atoms with Crippen LogP contribution >= 0.6 is 0 Å². The molecule has 1 aromatic rings. The molecule has 0 aliphatic carbocycles. The van der Waals surface area contributed by atoms with Gasteiger partial charge in [0.05, 0.1) is 7.11 Å². The Morgan fingerprint density at radius 2 is 2.13 bits per heavy atom. The molecule has 0 aliphatic rings. The summed E-state index contributed by atoms with van der Waals surface area (Å²) in [5.41, 5.74) is 0.453. The molecule has 0 bridgehead atoms. The predicted molar refractivity (Wildman–Crippen MR) is 59.2 cm³/mol. The summed E-state index contributed by atoms with van der Waals surface area (Å²) in [7, 11) is 1.56. The average molecular weight is 207 g/mol. The SMILES string of the molecule is CCC(CC)C(=O)c1ncccc1OC. The van der Waals surface area contributed by atoms with E-state index in [4.69, 9.17) is 4.74 Å². The van der Waals surface area contributed by atoms with E-state index in [9.17, 15) is 4.79 Å². The molecule has 0 amide bonds. The minimum absolute atomic E-state index is 0.0498. The van der Waals surface area contributed by atoms with E-state index in [1.165, 1.54) is 0 Å². The van der Waals surface area contributed by atoms with Crippen LogP contribution < -0.4 is 4.74 Å². The maximum atomic E-state index is 12.0. The quantitative estimate of drug-likeness (QED) is 0.697. The van der Waals surface area contributed by atoms with Gasteiger partial charge in [-0.05, 0) is 25.0 Å². The van der Waals surface area contributed by atoms with Crippen molar-refractivity contribution in [2.75, 3.05) is 7.11 Å². The first-order chi connectivity index (χ1) is 7.24. The van der Waals surface area contributed by atoms with Gasteiger partial charge >= 0.3 is 0 Å². The van der Waals surface area contributed by atoms with Crippen LogP contribution in [0.5, 0.6) is 5.75 Å². The lowest BCUT2D eigenvalue weighted by Gasteiger charge is -2.12. The molecule has 1 rings (SSSR count). The zero-order valence-electron chi connectivity index (χ0n) is 9.49. The van der Waals surface area contributed by atoms with E-state index < -0.39 is 0 Å². The molecule has 0 unspecified atom stereocenters. The lowest BCUT2D eigenvalue weighted by atomic mass is 9.95. The molecule has 1 aromatic heterocycles. The molecular formula is C12H17NO2. The summed E-state index contributed by atoms with van der Waals surface area (Å²) in [6.07, 6.45) is 3.31. The second kappa shape index (κ2) is 5.49. The summed E-state index contributed by atoms with van der Waals surface area (Å²) in [5.74, 6) is 0.695. The molecule has 0 saturated carbocycles. The minimum Gasteiger partial charge on any atom is -0.494 e. The maximum absolute atomic E-state index is 12.0. The molecule has 0 atom stereocenters. The van der Waals surface area contributed by atoms with Gasteiger partial charge in [-0.15, -0.1) is 0 Å². The molecule has 82 valence electrons. The highest BCUT2D eigenvalue weighted by Crippen LogP contribution is 2.21. The number of rotatable bonds is 5. The molecule has 0 saturated heterocycles. The number of carbonyl (C=O) groups excluding carboxylic acids is 1. The Bertz CT molecular complexity index is 332. The second-order valence-electron chi connectivity index (χ2n) is 3.43. The van der Waals surface area contributed by atoms with E-state index in [-0.39, 0.29) is 11.7 Å². The molecule has 0 spiro atoms. The number of ketones is 1. The zero-order valence-corrected chi connectivity index (χ0v) is 9.49. The number of carbonyl (C=O) groups is 1. The fraction of sp³-hybridized carbons (Fsp3) is 0.500. The number of hydrogen-bond donors (Lipinski definition) is 0. The normalized spacial score (nSPS) is 10.4. The highest BCUT2D eigenvalue weighted by Gasteiger charge is 2.20. The number of methoxy groups -OCH3 is 1. The van der Waals surface area contributed by atoms with E-state index >= 15 is 0 Å². The van der Waals surface area contributed by atoms with Crippen molar-refractivity contribution in [3.05, 3.63) is 24.0 Å². The molecule has 0 radical (unpaired) electrons. The molecule has 0 N–H and O–H groups in total. The van der Waals surface area contributed by atoms with Gasteiger partial charge in [0.1, 0.15) is 11.4 Å². The molecule has 15 heavy (non-hydrogen) atoms. The Kier molecular flexibility index (Phi) is 4.28. The lowest BCUT2D eigenvalue weighted by molar-refractivity contribution is 0.0905. The fourth-order valence-corrected chi connectivity index (χ4v) is 1.59. The lowest BCUT2D eigenvalue weighted by Crippen LogP contribution is -2.15. The number of Topliss-reactive ketones (excluding diaryl/α,β-unsaturated/α-hetero) is 1. The highest BCUT2D eigenvalue weighted by atomic mass is 16.5. The van der Waals surface area contributed by atoms with Crippen molar-refractivity contribution < 1.29 is 9.53 Å². The summed E-state index contributed by atoms with van der Waals surface area (Å²) < 4.78 is 5.12. The molecular weight excluding hydrogens is 190 g/mol. The maximum Gasteiger partial charge on any atom is 0.188 e. The van der Waals surface area contributed by atoms with Crippen molar-refractivity contribution in [3.8, 4) is 5.75 Å². The van der Waals surface area contributed by atoms with Gasteiger partial charge in [-0.3, -0.25) is 4.79 Å². The second-order valence-corrected chi connectivity index (χ2v) is 3.43. The van der Waals surface area contributed by atoms with Crippen LogP contribution in [0, 0.1) is 5.92 Å². The Hall–Kier alpha value is -1.38. The largest absolute Gasteiger partial charge is 0.494 e. The van der Waals surface area contributed by atoms with E-state index in [0.29, 0.717) is 11.4 Å². The van der Waals surface area contributed by atoms with Crippen LogP contribution in [0.25, 0.3) is 0 Å². The molecule has 1 heterocycles. The minimum atomic E-state index is 0.0498. The number of hydrogen-bond acceptors (Lipinski definition) is 3. The average Bonchev–Trinajstić information content (AvgIpc) is 2.30. The highest BCUT2D eigenvalue weighted by molar-refractivity contribution is 5.98. The number of pyridine rings is 1. The zero-order chi connectivity index (χ0) is 11.3. The fourth-order valence-electron chi connectivity index (χ4n) is 1.59. The van der Waals surface area contributed by atoms with Crippen molar-refractivity contribution in [1.29, 1.82) is 0 Å². The summed E-state index contributed by atoms with van der Waals surface area (Å²) in [6, 6.07) is 3.53. The van der Waals surface area contributed by atoms with Gasteiger partial charge < -0.3 is 4.74 Å². The van der Waals surface area contributed by atoms with E-state index in [1.807, 2.05) is 13.8 Å². The van der Waals surface area contributed by atoms with Crippen molar-refractivity contribution in [3.63, 3.8) is 0 Å². The van der Waals surface area contributed by atoms with Gasteiger partial charge in [0, 0.05) is 12.1 Å². The van der Waals surface area contributed by atoms with Gasteiger partial charge in [0.2, 0.25) is 0 Å². The van der Waals surface area contributed by atoms with Crippen LogP contribution in [-0.4, -0.2) is 17.9 Å². The predicted octanol–water partition coefficient (Wildman–Crippen LogP) is 2.71. The van der Waals surface area contributed by atoms with Crippen LogP contribution in [0.3, 0.4) is 0 Å². The van der Waals surface area contributed by atoms with Gasteiger partial charge in [0.15, 0.2) is 5.78 Å². The number of nitrogens with zero attached hydrogens (tertiary/aromatic N) is 1. The van der Waals surface area contributed by atoms with Crippen molar-refractivity contribution in [2.45, 2.75) is 26.7 Å². The topological polar surface area (TPSA) is 39.2 Å². The van der Waals surface area contributed by atoms with Crippen molar-refractivity contribution in [2.24, 2.45) is 5.92 Å². The third-order valence-electron chi connectivity index (χ3n) is 2.58. The molecule has 3 nitrogen and oxygen atoms in total. The Morgan fingerprint density at radius 1 is 1.47 bits per heavy atom. The van der Waals surface area contributed by atoms with Gasteiger partial charge in [-0.2, -0.15) is 0 Å². The van der Waals surface area contributed by atoms with Crippen molar-refractivity contribution in [1.82, 2.24) is 4.98 Å². The van der Waals surface area contributed by atoms with E-state index in [2.05, 4.69) is 4.98 Å². The van der Waals surface area contributed by atoms with Crippen LogP contribution in [0.15, 0.2) is 18.3 Å². The Morgan fingerprint density at radius 3 is 2.67 bits per heavy atom. The molecule has 0 fully saturated rings. The Balaban J connectivity index is 2.99. The first kappa shape index (κ1) is 11.7. The van der Waals surface area contributed by atoms with Gasteiger partial charge in [-0.25, -0.2) is 4.98 Å². The number of ether oxygens (including phenoxy) is 1. The van der Waals surface area contributed by atoms with Crippen LogP contribution in [0.4, 0.5) is 0 Å². The smallest absolute Gasteiger partial charge is 0.188 e. The van der Waals surface area contributed by atoms with Crippen LogP contribution in [0.1, 0.15) is 37.2 Å². The summed E-state index contributed by atoms with van der Waals surface area (Å²) in [5, 5.41) is 0. The first-order valence-electron chi connectivity index (χ1n) is 5.27. The summed E-state index contributed by atoms with van der Waals surface area (Å²) in [4.78, 5) is 16.1. The van der Waals surface area contributed by atoms with Crippen molar-refractivity contribution >= 4 is 5.78 Å². The van der Waals surface area contributed by atoms with Gasteiger partial charge in [-0.1, -0.05) is 13.8 Å². The Labute approximate surface area is 90.5 Å². The monoisotopic (exact) mass is 207 g/mol. The van der Waals surface area contributed by atoms with E-state index in [0.717, 1.165) is 12.8 Å². The molecule has 0 aliphatic heterocycles. The van der Waals surface area contributed by atoms with Crippen LogP contribution in [0.2, 0.25) is 0 Å². The summed E-state index contributed by atoms with van der Waals surface area (Å²) >= 11 is 0. The third kappa shape index (κ3) is 2.55. The van der Waals surface area contributed by atoms with Gasteiger partial charge in [0.25, 0.3) is 0 Å². The summed E-state index contributed by atoms with van der Waals surface area (Å²) in [6.45, 7) is 4.03. The van der Waals surface area contributed by atoms with Crippen LogP contribution in [-0.2, 0) is 0 Å². The standard InChI is InChI=1S/C12H17NO2/c1-4-9(5-2)12(14)11-10(15-3)7-6-8-13-11/h6-9H,4-5H2,1-3H3. The molecule has 3 heteroatoms. The molecule has 0 aromatic carbocycles. The third-order valence-corrected chi connectivity index (χ3v) is 2.58. The number of aromatic nitrogens is 1. The van der Waals surface area contributed by atoms with E-state index in [1.54, 1.807) is 25.4 Å².